The van der Waals surface area contributed by atoms with Gasteiger partial charge in [-0.3, -0.25) is 0 Å². The van der Waals surface area contributed by atoms with Gasteiger partial charge < -0.3 is 0 Å². The van der Waals surface area contributed by atoms with Gasteiger partial charge in [0.15, 0.2) is 0 Å². The molecular formula is C14H20FNS. The van der Waals surface area contributed by atoms with Gasteiger partial charge in [-0.2, -0.15) is 0 Å². The van der Waals surface area contributed by atoms with E-state index < -0.39 is 0 Å². The lowest BCUT2D eigenvalue weighted by atomic mass is 10.1. The number of halogens is 1. The summed E-state index contributed by atoms with van der Waals surface area (Å²) < 4.78 is 12.0. The molecule has 0 saturated heterocycles. The number of nitrogens with zero attached hydrogens (tertiary/aromatic N) is 1. The summed E-state index contributed by atoms with van der Waals surface area (Å²) in [7, 11) is 0. The molecule has 0 spiro atoms. The number of hydrogen-bond donors (Lipinski definition) is 0. The van der Waals surface area contributed by atoms with Crippen LogP contribution in [0.1, 0.15) is 36.3 Å². The number of rotatable bonds is 3. The fraction of sp³-hybridized carbons (Fsp3) is 0.357. The maximum Gasteiger partial charge on any atom is 0.0903 e. The standard InChI is InChI=1S/C12H14FNS.C2H6/c1-4-6-11(7-5-8-13)12-9(2)14-10(3)15-12;1-2/h4-8H,1-3H3;1-2H3/b6-4-,8-5+,11-7+;. The molecule has 0 saturated carbocycles. The van der Waals surface area contributed by atoms with E-state index in [0.717, 1.165) is 21.2 Å². The molecule has 3 heteroatoms. The Balaban J connectivity index is 0.00000121. The molecule has 0 aliphatic rings. The van der Waals surface area contributed by atoms with Crippen LogP contribution in [0.15, 0.2) is 30.6 Å². The molecule has 0 aromatic carbocycles. The highest BCUT2D eigenvalue weighted by atomic mass is 32.1. The van der Waals surface area contributed by atoms with E-state index in [9.17, 15) is 4.39 Å². The average molecular weight is 253 g/mol. The van der Waals surface area contributed by atoms with Crippen molar-refractivity contribution >= 4 is 16.9 Å². The molecular weight excluding hydrogens is 233 g/mol. The monoisotopic (exact) mass is 253 g/mol. The van der Waals surface area contributed by atoms with Crippen molar-refractivity contribution in [2.45, 2.75) is 34.6 Å². The first-order valence-corrected chi connectivity index (χ1v) is 6.54. The minimum atomic E-state index is 0.534. The molecule has 0 atom stereocenters. The SMILES string of the molecule is CC.C\C=C/C(=C\C=C\F)c1sc(C)nc1C. The lowest BCUT2D eigenvalue weighted by Gasteiger charge is -1.97. The first-order chi connectivity index (χ1) is 8.19. The highest BCUT2D eigenvalue weighted by molar-refractivity contribution is 7.12. The van der Waals surface area contributed by atoms with E-state index in [4.69, 9.17) is 0 Å². The predicted octanol–water partition coefficient (Wildman–Crippen LogP) is 5.23. The van der Waals surface area contributed by atoms with Gasteiger partial charge in [-0.25, -0.2) is 9.37 Å². The van der Waals surface area contributed by atoms with Crippen molar-refractivity contribution in [1.29, 1.82) is 0 Å². The van der Waals surface area contributed by atoms with E-state index in [1.54, 1.807) is 17.4 Å². The van der Waals surface area contributed by atoms with E-state index in [-0.39, 0.29) is 0 Å². The van der Waals surface area contributed by atoms with Crippen LogP contribution in [0.25, 0.3) is 5.57 Å². The zero-order valence-electron chi connectivity index (χ0n) is 11.1. The zero-order valence-corrected chi connectivity index (χ0v) is 11.9. The van der Waals surface area contributed by atoms with E-state index >= 15 is 0 Å². The summed E-state index contributed by atoms with van der Waals surface area (Å²) in [6, 6.07) is 0. The van der Waals surface area contributed by atoms with Gasteiger partial charge >= 0.3 is 0 Å². The molecule has 0 aliphatic heterocycles. The lowest BCUT2D eigenvalue weighted by Crippen LogP contribution is -1.80. The van der Waals surface area contributed by atoms with Gasteiger partial charge in [0, 0.05) is 0 Å². The van der Waals surface area contributed by atoms with Crippen LogP contribution in [-0.4, -0.2) is 4.98 Å². The first kappa shape index (κ1) is 15.8. The molecule has 17 heavy (non-hydrogen) atoms. The minimum Gasteiger partial charge on any atom is -0.246 e. The summed E-state index contributed by atoms with van der Waals surface area (Å²) in [5.74, 6) is 0. The second kappa shape index (κ2) is 8.88. The molecule has 0 unspecified atom stereocenters. The Bertz CT molecular complexity index is 414. The van der Waals surface area contributed by atoms with Gasteiger partial charge in [0.2, 0.25) is 0 Å². The van der Waals surface area contributed by atoms with Crippen LogP contribution in [0, 0.1) is 13.8 Å². The van der Waals surface area contributed by atoms with E-state index in [1.165, 1.54) is 6.08 Å². The summed E-state index contributed by atoms with van der Waals surface area (Å²) in [6.07, 6.45) is 7.57. The Labute approximate surface area is 107 Å². The van der Waals surface area contributed by atoms with Crippen LogP contribution in [0.3, 0.4) is 0 Å². The third-order valence-electron chi connectivity index (χ3n) is 1.86. The third-order valence-corrected chi connectivity index (χ3v) is 2.98. The van der Waals surface area contributed by atoms with Crippen molar-refractivity contribution in [3.05, 3.63) is 46.2 Å². The van der Waals surface area contributed by atoms with Crippen LogP contribution in [0.2, 0.25) is 0 Å². The average Bonchev–Trinajstić information content (AvgIpc) is 2.66. The van der Waals surface area contributed by atoms with E-state index in [0.29, 0.717) is 6.33 Å². The number of aryl methyl sites for hydroxylation is 2. The number of hydrogen-bond acceptors (Lipinski definition) is 2. The molecule has 0 bridgehead atoms. The van der Waals surface area contributed by atoms with Crippen molar-refractivity contribution in [3.8, 4) is 0 Å². The normalized spacial score (nSPS) is 12.0. The molecule has 1 heterocycles. The second-order valence-corrected chi connectivity index (χ2v) is 4.29. The van der Waals surface area contributed by atoms with Gasteiger partial charge in [0.05, 0.1) is 21.9 Å². The number of aromatic nitrogens is 1. The van der Waals surface area contributed by atoms with Crippen molar-refractivity contribution in [2.75, 3.05) is 0 Å². The van der Waals surface area contributed by atoms with Crippen molar-refractivity contribution in [3.63, 3.8) is 0 Å². The van der Waals surface area contributed by atoms with Crippen molar-refractivity contribution in [2.24, 2.45) is 0 Å². The maximum absolute atomic E-state index is 12.0. The Morgan fingerprint density at radius 2 is 1.94 bits per heavy atom. The summed E-state index contributed by atoms with van der Waals surface area (Å²) in [5.41, 5.74) is 1.99. The highest BCUT2D eigenvalue weighted by Crippen LogP contribution is 2.26. The van der Waals surface area contributed by atoms with Gasteiger partial charge in [-0.15, -0.1) is 11.3 Å². The van der Waals surface area contributed by atoms with Gasteiger partial charge in [-0.1, -0.05) is 32.1 Å². The summed E-state index contributed by atoms with van der Waals surface area (Å²) >= 11 is 1.63. The van der Waals surface area contributed by atoms with Gasteiger partial charge in [0.25, 0.3) is 0 Å². The van der Waals surface area contributed by atoms with Crippen LogP contribution in [0.5, 0.6) is 0 Å². The molecule has 0 aliphatic carbocycles. The summed E-state index contributed by atoms with van der Waals surface area (Å²) in [4.78, 5) is 5.45. The Morgan fingerprint density at radius 3 is 2.35 bits per heavy atom. The third kappa shape index (κ3) is 5.09. The molecule has 1 rings (SSSR count). The predicted molar refractivity (Wildman–Crippen MR) is 76.0 cm³/mol. The number of thiazole rings is 1. The Morgan fingerprint density at radius 1 is 1.29 bits per heavy atom. The minimum absolute atomic E-state index is 0.534. The van der Waals surface area contributed by atoms with Gasteiger partial charge in [-0.05, 0) is 32.4 Å². The summed E-state index contributed by atoms with van der Waals surface area (Å²) in [6.45, 7) is 9.88. The molecule has 1 aromatic heterocycles. The van der Waals surface area contributed by atoms with Crippen LogP contribution >= 0.6 is 11.3 Å². The first-order valence-electron chi connectivity index (χ1n) is 5.73. The van der Waals surface area contributed by atoms with Crippen molar-refractivity contribution < 1.29 is 4.39 Å². The molecule has 0 amide bonds. The quantitative estimate of drug-likeness (QED) is 0.672. The topological polar surface area (TPSA) is 12.9 Å². The maximum atomic E-state index is 12.0. The van der Waals surface area contributed by atoms with E-state index in [2.05, 4.69) is 4.98 Å². The van der Waals surface area contributed by atoms with Crippen molar-refractivity contribution in [1.82, 2.24) is 4.98 Å². The fourth-order valence-corrected chi connectivity index (χ4v) is 2.25. The molecule has 0 fully saturated rings. The lowest BCUT2D eigenvalue weighted by molar-refractivity contribution is 0.721. The zero-order chi connectivity index (χ0) is 13.3. The van der Waals surface area contributed by atoms with Crippen LogP contribution in [0.4, 0.5) is 4.39 Å². The molecule has 0 radical (unpaired) electrons. The fourth-order valence-electron chi connectivity index (χ4n) is 1.33. The summed E-state index contributed by atoms with van der Waals surface area (Å²) in [5, 5.41) is 1.03. The second-order valence-electron chi connectivity index (χ2n) is 3.09. The Hall–Kier alpha value is -1.22. The van der Waals surface area contributed by atoms with E-state index in [1.807, 2.05) is 46.8 Å². The largest absolute Gasteiger partial charge is 0.246 e. The highest BCUT2D eigenvalue weighted by Gasteiger charge is 2.06. The van der Waals surface area contributed by atoms with Gasteiger partial charge in [0.1, 0.15) is 0 Å². The number of allylic oxidation sites excluding steroid dienone is 5. The Kier molecular flexibility index (Phi) is 8.24. The molecule has 0 N–H and O–H groups in total. The van der Waals surface area contributed by atoms with Crippen LogP contribution < -0.4 is 0 Å². The smallest absolute Gasteiger partial charge is 0.0903 e. The van der Waals surface area contributed by atoms with Crippen LogP contribution in [-0.2, 0) is 0 Å². The molecule has 1 aromatic rings. The molecule has 1 nitrogen and oxygen atoms in total. The molecule has 94 valence electrons.